The van der Waals surface area contributed by atoms with Gasteiger partial charge in [0, 0.05) is 11.3 Å². The van der Waals surface area contributed by atoms with E-state index < -0.39 is 31.1 Å². The highest BCUT2D eigenvalue weighted by Crippen LogP contribution is 2.31. The lowest BCUT2D eigenvalue weighted by atomic mass is 10.1. The van der Waals surface area contributed by atoms with Crippen LogP contribution in [-0.2, 0) is 4.74 Å². The first-order valence-corrected chi connectivity index (χ1v) is 8.97. The van der Waals surface area contributed by atoms with E-state index in [4.69, 9.17) is 17.0 Å². The van der Waals surface area contributed by atoms with E-state index in [0.717, 1.165) is 11.3 Å². The summed E-state index contributed by atoms with van der Waals surface area (Å²) in [6.07, 6.45) is -4.36. The molecule has 0 saturated carbocycles. The summed E-state index contributed by atoms with van der Waals surface area (Å²) in [6, 6.07) is 19.1. The SMILES string of the molecule is OC[C@@H]1O[C@@H](n2nc(-c3ccccc3)n(-c3ccccc3)c2=S)[C@H](O)[C@@H]1O. The Morgan fingerprint density at radius 1 is 0.963 bits per heavy atom. The smallest absolute Gasteiger partial charge is 0.205 e. The Kier molecular flexibility index (Phi) is 4.90. The molecule has 0 radical (unpaired) electrons. The molecule has 0 unspecified atom stereocenters. The minimum atomic E-state index is -1.25. The predicted molar refractivity (Wildman–Crippen MR) is 101 cm³/mol. The largest absolute Gasteiger partial charge is 0.394 e. The molecule has 4 atom stereocenters. The summed E-state index contributed by atoms with van der Waals surface area (Å²) in [6.45, 7) is -0.410. The van der Waals surface area contributed by atoms with Crippen molar-refractivity contribution in [2.45, 2.75) is 24.5 Å². The summed E-state index contributed by atoms with van der Waals surface area (Å²) in [5.74, 6) is 0.588. The molecule has 7 nitrogen and oxygen atoms in total. The summed E-state index contributed by atoms with van der Waals surface area (Å²) in [7, 11) is 0. The third-order valence-corrected chi connectivity index (χ3v) is 4.98. The molecule has 140 valence electrons. The van der Waals surface area contributed by atoms with Crippen molar-refractivity contribution >= 4 is 12.2 Å². The summed E-state index contributed by atoms with van der Waals surface area (Å²) in [4.78, 5) is 0. The van der Waals surface area contributed by atoms with E-state index in [1.54, 1.807) is 4.57 Å². The number of aliphatic hydroxyl groups excluding tert-OH is 3. The normalized spacial score (nSPS) is 25.0. The lowest BCUT2D eigenvalue weighted by molar-refractivity contribution is -0.0594. The molecule has 0 spiro atoms. The van der Waals surface area contributed by atoms with Crippen molar-refractivity contribution in [3.05, 3.63) is 65.4 Å². The number of ether oxygens (including phenoxy) is 1. The minimum absolute atomic E-state index is 0.315. The van der Waals surface area contributed by atoms with Crippen molar-refractivity contribution in [3.63, 3.8) is 0 Å². The summed E-state index contributed by atoms with van der Waals surface area (Å²) < 4.78 is 9.10. The van der Waals surface area contributed by atoms with Crippen LogP contribution in [0.4, 0.5) is 0 Å². The van der Waals surface area contributed by atoms with Crippen molar-refractivity contribution in [1.29, 1.82) is 0 Å². The summed E-state index contributed by atoms with van der Waals surface area (Å²) in [5.41, 5.74) is 1.66. The van der Waals surface area contributed by atoms with Gasteiger partial charge in [0.2, 0.25) is 4.77 Å². The zero-order chi connectivity index (χ0) is 19.0. The van der Waals surface area contributed by atoms with E-state index in [-0.39, 0.29) is 0 Å². The molecule has 1 aliphatic rings. The molecule has 1 saturated heterocycles. The molecule has 4 rings (SSSR count). The van der Waals surface area contributed by atoms with Crippen LogP contribution < -0.4 is 0 Å². The van der Waals surface area contributed by atoms with Crippen LogP contribution in [0, 0.1) is 4.77 Å². The van der Waals surface area contributed by atoms with Gasteiger partial charge < -0.3 is 20.1 Å². The maximum atomic E-state index is 10.4. The maximum absolute atomic E-state index is 10.4. The number of benzene rings is 2. The van der Waals surface area contributed by atoms with Gasteiger partial charge >= 0.3 is 0 Å². The van der Waals surface area contributed by atoms with Crippen LogP contribution in [0.2, 0.25) is 0 Å². The second-order valence-corrected chi connectivity index (χ2v) is 6.68. The molecule has 1 fully saturated rings. The molecule has 0 bridgehead atoms. The Bertz CT molecular complexity index is 974. The number of hydrogen-bond donors (Lipinski definition) is 3. The molecule has 2 aromatic carbocycles. The first-order valence-electron chi connectivity index (χ1n) is 8.56. The number of rotatable bonds is 4. The zero-order valence-electron chi connectivity index (χ0n) is 14.3. The van der Waals surface area contributed by atoms with E-state index in [9.17, 15) is 15.3 Å². The van der Waals surface area contributed by atoms with E-state index >= 15 is 0 Å². The highest BCUT2D eigenvalue weighted by atomic mass is 32.1. The third kappa shape index (κ3) is 3.11. The number of para-hydroxylation sites is 1. The van der Waals surface area contributed by atoms with Crippen molar-refractivity contribution in [2.75, 3.05) is 6.61 Å². The first-order chi connectivity index (χ1) is 13.1. The van der Waals surface area contributed by atoms with Crippen molar-refractivity contribution in [2.24, 2.45) is 0 Å². The molecule has 0 aliphatic carbocycles. The van der Waals surface area contributed by atoms with Crippen LogP contribution in [-0.4, -0.2) is 54.6 Å². The van der Waals surface area contributed by atoms with Gasteiger partial charge in [-0.25, -0.2) is 4.68 Å². The molecule has 2 heterocycles. The second kappa shape index (κ2) is 7.34. The Morgan fingerprint density at radius 2 is 1.59 bits per heavy atom. The first kappa shape index (κ1) is 18.0. The molecule has 27 heavy (non-hydrogen) atoms. The average molecular weight is 385 g/mol. The van der Waals surface area contributed by atoms with Crippen LogP contribution in [0.3, 0.4) is 0 Å². The van der Waals surface area contributed by atoms with Crippen molar-refractivity contribution in [1.82, 2.24) is 14.3 Å². The zero-order valence-corrected chi connectivity index (χ0v) is 15.1. The van der Waals surface area contributed by atoms with Crippen LogP contribution >= 0.6 is 12.2 Å². The molecule has 0 amide bonds. The number of nitrogens with zero attached hydrogens (tertiary/aromatic N) is 3. The van der Waals surface area contributed by atoms with Gasteiger partial charge in [-0.05, 0) is 24.4 Å². The molecule has 1 aromatic heterocycles. The lowest BCUT2D eigenvalue weighted by Crippen LogP contribution is -2.33. The summed E-state index contributed by atoms with van der Waals surface area (Å²) >= 11 is 5.63. The van der Waals surface area contributed by atoms with E-state index in [2.05, 4.69) is 5.10 Å². The number of aromatic nitrogens is 3. The highest BCUT2D eigenvalue weighted by Gasteiger charge is 2.44. The molecule has 3 N–H and O–H groups in total. The van der Waals surface area contributed by atoms with Gasteiger partial charge in [-0.1, -0.05) is 48.5 Å². The predicted octanol–water partition coefficient (Wildman–Crippen LogP) is 1.68. The van der Waals surface area contributed by atoms with E-state index in [0.29, 0.717) is 10.6 Å². The minimum Gasteiger partial charge on any atom is -0.394 e. The monoisotopic (exact) mass is 385 g/mol. The molecule has 8 heteroatoms. The Hall–Kier alpha value is -2.36. The van der Waals surface area contributed by atoms with E-state index in [1.165, 1.54) is 4.68 Å². The quantitative estimate of drug-likeness (QED) is 0.592. The Labute approximate surface area is 160 Å². The third-order valence-electron chi connectivity index (χ3n) is 4.61. The Morgan fingerprint density at radius 3 is 2.19 bits per heavy atom. The standard InChI is InChI=1S/C19H19N3O4S/c23-11-14-15(24)16(25)18(26-14)22-19(27)21(13-9-5-2-6-10-13)17(20-22)12-7-3-1-4-8-12/h1-10,14-16,18,23-25H,11H2/t14-,15+,16+,18+/m0/s1. The van der Waals surface area contributed by atoms with E-state index in [1.807, 2.05) is 60.7 Å². The molecule has 3 aromatic rings. The van der Waals surface area contributed by atoms with Crippen LogP contribution in [0.5, 0.6) is 0 Å². The van der Waals surface area contributed by atoms with Gasteiger partial charge in [-0.3, -0.25) is 4.57 Å². The van der Waals surface area contributed by atoms with Gasteiger partial charge in [0.25, 0.3) is 0 Å². The van der Waals surface area contributed by atoms with Gasteiger partial charge in [-0.2, -0.15) is 0 Å². The average Bonchev–Trinajstić information content (AvgIpc) is 3.20. The summed E-state index contributed by atoms with van der Waals surface area (Å²) in [5, 5.41) is 34.4. The molecular formula is C19H19N3O4S. The van der Waals surface area contributed by atoms with Crippen molar-refractivity contribution in [3.8, 4) is 17.1 Å². The fourth-order valence-electron chi connectivity index (χ4n) is 3.21. The number of hydrogen-bond acceptors (Lipinski definition) is 6. The van der Waals surface area contributed by atoms with Gasteiger partial charge in [0.15, 0.2) is 12.1 Å². The van der Waals surface area contributed by atoms with Crippen LogP contribution in [0.1, 0.15) is 6.23 Å². The fraction of sp³-hybridized carbons (Fsp3) is 0.263. The molecule has 1 aliphatic heterocycles. The second-order valence-electron chi connectivity index (χ2n) is 6.32. The van der Waals surface area contributed by atoms with Crippen LogP contribution in [0.25, 0.3) is 17.1 Å². The number of aliphatic hydroxyl groups is 3. The molecular weight excluding hydrogens is 366 g/mol. The van der Waals surface area contributed by atoms with Crippen LogP contribution in [0.15, 0.2) is 60.7 Å². The maximum Gasteiger partial charge on any atom is 0.205 e. The van der Waals surface area contributed by atoms with Crippen molar-refractivity contribution < 1.29 is 20.1 Å². The highest BCUT2D eigenvalue weighted by molar-refractivity contribution is 7.71. The van der Waals surface area contributed by atoms with Gasteiger partial charge in [-0.15, -0.1) is 5.10 Å². The van der Waals surface area contributed by atoms with Gasteiger partial charge in [0.05, 0.1) is 6.61 Å². The topological polar surface area (TPSA) is 92.7 Å². The fourth-order valence-corrected chi connectivity index (χ4v) is 3.55. The van der Waals surface area contributed by atoms with Gasteiger partial charge in [0.1, 0.15) is 18.3 Å². The lowest BCUT2D eigenvalue weighted by Gasteiger charge is -2.14. The Balaban J connectivity index is 1.88.